The van der Waals surface area contributed by atoms with Crippen LogP contribution in [-0.2, 0) is 0 Å². The van der Waals surface area contributed by atoms with Gasteiger partial charge >= 0.3 is 8.05 Å². The van der Waals surface area contributed by atoms with Gasteiger partial charge in [-0.15, -0.1) is 11.3 Å². The highest BCUT2D eigenvalue weighted by Crippen LogP contribution is 2.24. The van der Waals surface area contributed by atoms with E-state index >= 15 is 0 Å². The third-order valence-corrected chi connectivity index (χ3v) is 2.54. The monoisotopic (exact) mass is 162 g/mol. The van der Waals surface area contributed by atoms with Gasteiger partial charge in [-0.05, 0) is 35.0 Å². The lowest BCUT2D eigenvalue weighted by Crippen LogP contribution is -1.82. The van der Waals surface area contributed by atoms with E-state index in [1.54, 1.807) is 19.4 Å². The second-order valence-electron chi connectivity index (χ2n) is 2.32. The summed E-state index contributed by atoms with van der Waals surface area (Å²) in [6.07, 6.45) is 0. The number of thiophene rings is 1. The van der Waals surface area contributed by atoms with Crippen LogP contribution >= 0.6 is 11.3 Å². The zero-order valence-electron chi connectivity index (χ0n) is 6.20. The van der Waals surface area contributed by atoms with Gasteiger partial charge in [-0.1, -0.05) is 0 Å². The average molecular weight is 162 g/mol. The van der Waals surface area contributed by atoms with Crippen LogP contribution in [0.4, 0.5) is 0 Å². The van der Waals surface area contributed by atoms with E-state index in [0.717, 1.165) is 5.75 Å². The molecule has 2 rings (SSSR count). The van der Waals surface area contributed by atoms with Gasteiger partial charge in [0.05, 0.1) is 5.75 Å². The van der Waals surface area contributed by atoms with Crippen molar-refractivity contribution in [2.45, 2.75) is 0 Å². The van der Waals surface area contributed by atoms with E-state index in [2.05, 4.69) is 23.6 Å². The Labute approximate surface area is 70.1 Å². The number of benzene rings is 1. The van der Waals surface area contributed by atoms with Gasteiger partial charge in [-0.3, -0.25) is 0 Å². The molecule has 1 heterocycles. The molecule has 0 saturated heterocycles. The molecular formula is C8H7BOS. The summed E-state index contributed by atoms with van der Waals surface area (Å²) < 4.78 is 6.38. The van der Waals surface area contributed by atoms with Crippen molar-refractivity contribution in [3.05, 3.63) is 29.6 Å². The second-order valence-corrected chi connectivity index (χ2v) is 3.27. The molecule has 3 heteroatoms. The molecule has 1 aromatic heterocycles. The van der Waals surface area contributed by atoms with E-state index in [9.17, 15) is 0 Å². The molecule has 0 spiro atoms. The van der Waals surface area contributed by atoms with Crippen LogP contribution in [0.15, 0.2) is 29.6 Å². The molecule has 0 aliphatic rings. The Bertz CT molecular complexity index is 369. The third-order valence-electron chi connectivity index (χ3n) is 1.66. The third kappa shape index (κ3) is 1.12. The molecular weight excluding hydrogens is 155 g/mol. The standard InChI is InChI=1S/C8H7BOS/c9-10-7-2-1-6-3-4-11-8(6)5-7/h1-5H,9H2. The summed E-state index contributed by atoms with van der Waals surface area (Å²) in [6, 6.07) is 8.22. The lowest BCUT2D eigenvalue weighted by atomic mass is 10.2. The highest BCUT2D eigenvalue weighted by atomic mass is 32.1. The summed E-state index contributed by atoms with van der Waals surface area (Å²) in [5.41, 5.74) is 0. The maximum atomic E-state index is 5.10. The predicted octanol–water partition coefficient (Wildman–Crippen LogP) is 1.83. The van der Waals surface area contributed by atoms with Crippen LogP contribution in [0.1, 0.15) is 0 Å². The van der Waals surface area contributed by atoms with Crippen LogP contribution in [0.25, 0.3) is 10.1 Å². The smallest absolute Gasteiger partial charge is 0.322 e. The molecule has 0 unspecified atom stereocenters. The summed E-state index contributed by atoms with van der Waals surface area (Å²) in [4.78, 5) is 0. The first kappa shape index (κ1) is 6.74. The summed E-state index contributed by atoms with van der Waals surface area (Å²) in [5, 5.41) is 3.38. The van der Waals surface area contributed by atoms with E-state index in [0.29, 0.717) is 0 Å². The van der Waals surface area contributed by atoms with Gasteiger partial charge in [0.15, 0.2) is 0 Å². The molecule has 54 valence electrons. The molecule has 0 N–H and O–H groups in total. The maximum Gasteiger partial charge on any atom is 0.322 e. The van der Waals surface area contributed by atoms with E-state index in [1.807, 2.05) is 6.07 Å². The molecule has 0 fully saturated rings. The largest absolute Gasteiger partial charge is 0.568 e. The van der Waals surface area contributed by atoms with Crippen molar-refractivity contribution in [1.29, 1.82) is 0 Å². The van der Waals surface area contributed by atoms with Crippen molar-refractivity contribution < 1.29 is 4.65 Å². The van der Waals surface area contributed by atoms with Crippen LogP contribution in [0.5, 0.6) is 5.75 Å². The predicted molar refractivity (Wildman–Crippen MR) is 51.0 cm³/mol. The Balaban J connectivity index is 2.67. The normalized spacial score (nSPS) is 10.2. The van der Waals surface area contributed by atoms with Crippen LogP contribution in [-0.4, -0.2) is 8.05 Å². The minimum Gasteiger partial charge on any atom is -0.568 e. The van der Waals surface area contributed by atoms with Gasteiger partial charge in [-0.2, -0.15) is 0 Å². The first-order chi connectivity index (χ1) is 5.40. The first-order valence-electron chi connectivity index (χ1n) is 3.41. The topological polar surface area (TPSA) is 9.23 Å². The number of hydrogen-bond acceptors (Lipinski definition) is 2. The molecule has 1 aromatic carbocycles. The first-order valence-corrected chi connectivity index (χ1v) is 4.29. The Morgan fingerprint density at radius 3 is 3.00 bits per heavy atom. The fourth-order valence-corrected chi connectivity index (χ4v) is 1.88. The molecule has 0 atom stereocenters. The van der Waals surface area contributed by atoms with Gasteiger partial charge < -0.3 is 4.65 Å². The van der Waals surface area contributed by atoms with Crippen LogP contribution in [0.3, 0.4) is 0 Å². The highest BCUT2D eigenvalue weighted by Gasteiger charge is 1.95. The molecule has 0 radical (unpaired) electrons. The van der Waals surface area contributed by atoms with Crippen molar-refractivity contribution in [3.63, 3.8) is 0 Å². The van der Waals surface area contributed by atoms with Crippen molar-refractivity contribution in [2.75, 3.05) is 0 Å². The summed E-state index contributed by atoms with van der Waals surface area (Å²) >= 11 is 1.74. The van der Waals surface area contributed by atoms with Gasteiger partial charge in [-0.25, -0.2) is 0 Å². The zero-order valence-corrected chi connectivity index (χ0v) is 7.02. The van der Waals surface area contributed by atoms with Gasteiger partial charge in [0, 0.05) is 4.70 Å². The van der Waals surface area contributed by atoms with Gasteiger partial charge in [0.25, 0.3) is 0 Å². The quantitative estimate of drug-likeness (QED) is 0.581. The fraction of sp³-hybridized carbons (Fsp3) is 0. The number of hydrogen-bond donors (Lipinski definition) is 0. The fourth-order valence-electron chi connectivity index (χ4n) is 1.06. The van der Waals surface area contributed by atoms with E-state index in [-0.39, 0.29) is 0 Å². The Morgan fingerprint density at radius 2 is 2.18 bits per heavy atom. The molecule has 2 aromatic rings. The zero-order chi connectivity index (χ0) is 7.68. The SMILES string of the molecule is BOc1ccc2ccsc2c1. The van der Waals surface area contributed by atoms with Gasteiger partial charge in [0.1, 0.15) is 0 Å². The molecule has 0 aliphatic carbocycles. The molecule has 0 bridgehead atoms. The summed E-state index contributed by atoms with van der Waals surface area (Å²) in [7, 11) is 1.69. The lowest BCUT2D eigenvalue weighted by Gasteiger charge is -1.98. The second kappa shape index (κ2) is 2.59. The Morgan fingerprint density at radius 1 is 1.27 bits per heavy atom. The van der Waals surface area contributed by atoms with Crippen LogP contribution < -0.4 is 4.65 Å². The molecule has 11 heavy (non-hydrogen) atoms. The Hall–Kier alpha value is -0.955. The van der Waals surface area contributed by atoms with Crippen molar-refractivity contribution in [1.82, 2.24) is 0 Å². The lowest BCUT2D eigenvalue weighted by molar-refractivity contribution is 0.617. The van der Waals surface area contributed by atoms with Crippen molar-refractivity contribution in [2.24, 2.45) is 0 Å². The van der Waals surface area contributed by atoms with E-state index < -0.39 is 0 Å². The van der Waals surface area contributed by atoms with Crippen molar-refractivity contribution in [3.8, 4) is 5.75 Å². The van der Waals surface area contributed by atoms with Crippen LogP contribution in [0, 0.1) is 0 Å². The molecule has 0 aliphatic heterocycles. The number of fused-ring (bicyclic) bond motifs is 1. The molecule has 1 nitrogen and oxygen atoms in total. The van der Waals surface area contributed by atoms with Crippen molar-refractivity contribution >= 4 is 29.5 Å². The summed E-state index contributed by atoms with van der Waals surface area (Å²) in [5.74, 6) is 0.931. The highest BCUT2D eigenvalue weighted by molar-refractivity contribution is 7.17. The van der Waals surface area contributed by atoms with E-state index in [1.165, 1.54) is 10.1 Å². The molecule has 0 saturated carbocycles. The maximum absolute atomic E-state index is 5.10. The summed E-state index contributed by atoms with van der Waals surface area (Å²) in [6.45, 7) is 0. The Kier molecular flexibility index (Phi) is 1.58. The van der Waals surface area contributed by atoms with E-state index in [4.69, 9.17) is 4.65 Å². The van der Waals surface area contributed by atoms with Crippen LogP contribution in [0.2, 0.25) is 0 Å². The van der Waals surface area contributed by atoms with Gasteiger partial charge in [0.2, 0.25) is 0 Å². The molecule has 0 amide bonds. The number of rotatable bonds is 1. The minimum atomic E-state index is 0.931. The minimum absolute atomic E-state index is 0.931. The average Bonchev–Trinajstić information content (AvgIpc) is 2.50.